The van der Waals surface area contributed by atoms with Crippen LogP contribution in [-0.2, 0) is 38.0 Å². The van der Waals surface area contributed by atoms with Crippen LogP contribution in [0.5, 0.6) is 0 Å². The molecule has 0 aliphatic heterocycles. The number of methoxy groups -OCH3 is 1. The molecule has 0 unspecified atom stereocenters. The zero-order valence-corrected chi connectivity index (χ0v) is 20.6. The Balaban J connectivity index is 0.000000311. The Morgan fingerprint density at radius 3 is 1.58 bits per heavy atom. The lowest BCUT2D eigenvalue weighted by molar-refractivity contribution is 0.201. The van der Waals surface area contributed by atoms with Crippen LogP contribution in [0.1, 0.15) is 22.5 Å². The summed E-state index contributed by atoms with van der Waals surface area (Å²) in [5.41, 5.74) is 2.95. The number of nitrogens with zero attached hydrogens (tertiary/aromatic N) is 6. The van der Waals surface area contributed by atoms with Crippen molar-refractivity contribution in [3.63, 3.8) is 0 Å². The van der Waals surface area contributed by atoms with Gasteiger partial charge in [0.05, 0.1) is 18.0 Å². The first kappa shape index (κ1) is 27.2. The summed E-state index contributed by atoms with van der Waals surface area (Å²) in [7, 11) is 0.387. The van der Waals surface area contributed by atoms with Crippen LogP contribution in [-0.4, -0.2) is 97.4 Å². The van der Waals surface area contributed by atoms with Crippen LogP contribution >= 0.6 is 0 Å². The highest BCUT2D eigenvalue weighted by Crippen LogP contribution is 2.10. The maximum absolute atomic E-state index is 11.8. The second kappa shape index (κ2) is 11.2. The first-order valence-corrected chi connectivity index (χ1v) is 12.1. The molecule has 0 radical (unpaired) electrons. The first-order valence-electron chi connectivity index (χ1n) is 9.35. The van der Waals surface area contributed by atoms with Gasteiger partial charge in [-0.05, 0) is 25.0 Å². The van der Waals surface area contributed by atoms with Gasteiger partial charge in [-0.15, -0.1) is 0 Å². The molecule has 0 aliphatic rings. The molecule has 0 saturated heterocycles. The highest BCUT2D eigenvalue weighted by atomic mass is 32.2. The molecule has 0 bridgehead atoms. The fourth-order valence-electron chi connectivity index (χ4n) is 2.30. The van der Waals surface area contributed by atoms with Gasteiger partial charge >= 0.3 is 20.4 Å². The fraction of sp³-hybridized carbons (Fsp3) is 0.647. The average Bonchev–Trinajstić information content (AvgIpc) is 3.24. The van der Waals surface area contributed by atoms with Gasteiger partial charge in [-0.3, -0.25) is 0 Å². The monoisotopic (exact) mass is 480 g/mol. The van der Waals surface area contributed by atoms with Gasteiger partial charge in [0, 0.05) is 67.1 Å². The summed E-state index contributed by atoms with van der Waals surface area (Å²) in [4.78, 5) is 0. The molecule has 0 spiro atoms. The summed E-state index contributed by atoms with van der Waals surface area (Å²) >= 11 is 0. The second-order valence-corrected chi connectivity index (χ2v) is 11.1. The summed E-state index contributed by atoms with van der Waals surface area (Å²) in [5.74, 6) is 0. The molecule has 0 amide bonds. The number of aliphatic hydroxyl groups is 1. The van der Waals surface area contributed by atoms with Crippen molar-refractivity contribution in [1.29, 1.82) is 0 Å². The Bertz CT molecular complexity index is 1060. The van der Waals surface area contributed by atoms with Gasteiger partial charge < -0.3 is 9.84 Å². The minimum atomic E-state index is -3.54. The van der Waals surface area contributed by atoms with E-state index in [1.54, 1.807) is 14.0 Å². The molecule has 178 valence electrons. The van der Waals surface area contributed by atoms with Gasteiger partial charge in [-0.2, -0.15) is 43.8 Å². The van der Waals surface area contributed by atoms with Crippen molar-refractivity contribution in [2.45, 2.75) is 26.7 Å². The van der Waals surface area contributed by atoms with Gasteiger partial charge in [0.2, 0.25) is 0 Å². The highest BCUT2D eigenvalue weighted by Gasteiger charge is 2.20. The highest BCUT2D eigenvalue weighted by molar-refractivity contribution is 7.87. The Morgan fingerprint density at radius 2 is 1.26 bits per heavy atom. The van der Waals surface area contributed by atoms with Crippen molar-refractivity contribution >= 4 is 20.4 Å². The molecule has 31 heavy (non-hydrogen) atoms. The van der Waals surface area contributed by atoms with Crippen LogP contribution < -0.4 is 0 Å². The summed E-state index contributed by atoms with van der Waals surface area (Å²) < 4.78 is 55.9. The molecule has 0 fully saturated rings. The molecule has 2 aromatic heterocycles. The summed E-state index contributed by atoms with van der Waals surface area (Å²) in [6, 6.07) is 0. The summed E-state index contributed by atoms with van der Waals surface area (Å²) in [6.45, 7) is 4.08. The van der Waals surface area contributed by atoms with Crippen molar-refractivity contribution in [2.75, 3.05) is 48.5 Å². The van der Waals surface area contributed by atoms with E-state index in [1.165, 1.54) is 40.6 Å². The van der Waals surface area contributed by atoms with E-state index in [0.29, 0.717) is 25.1 Å². The normalized spacial score (nSPS) is 12.3. The largest absolute Gasteiger partial charge is 0.396 e. The third-order valence-corrected chi connectivity index (χ3v) is 7.41. The van der Waals surface area contributed by atoms with E-state index in [9.17, 15) is 16.8 Å². The lowest BCUT2D eigenvalue weighted by Gasteiger charge is -2.10. The molecule has 1 N–H and O–H groups in total. The minimum absolute atomic E-state index is 0.0418. The van der Waals surface area contributed by atoms with Crippen molar-refractivity contribution in [3.8, 4) is 0 Å². The van der Waals surface area contributed by atoms with Crippen molar-refractivity contribution in [2.24, 2.45) is 0 Å². The van der Waals surface area contributed by atoms with E-state index in [1.807, 2.05) is 6.92 Å². The Morgan fingerprint density at radius 1 is 0.871 bits per heavy atom. The maximum Gasteiger partial charge on any atom is 0.322 e. The molecule has 0 aromatic carbocycles. The Hall–Kier alpha value is -1.84. The molecule has 12 nitrogen and oxygen atoms in total. The zero-order chi connectivity index (χ0) is 24.0. The van der Waals surface area contributed by atoms with E-state index in [2.05, 4.69) is 10.2 Å². The number of aromatic nitrogens is 4. The topological polar surface area (TPSA) is 140 Å². The van der Waals surface area contributed by atoms with Crippen molar-refractivity contribution < 1.29 is 26.7 Å². The molecule has 0 aliphatic carbocycles. The number of hydrogen-bond donors (Lipinski definition) is 1. The standard InChI is InChI=1S/C9H17N3O3S.C8H15N3O3S/c1-8-7-12(16(13,14)11(2)3)10-9(8)5-6-15-4;1-7-6-11(9-8(7)4-5-12)15(13,14)10(2)3/h7H,5-6H2,1-4H3;6,12H,4-5H2,1-3H3. The molecule has 2 rings (SSSR count). The van der Waals surface area contributed by atoms with Crippen LogP contribution in [0, 0.1) is 13.8 Å². The average molecular weight is 481 g/mol. The Kier molecular flexibility index (Phi) is 9.78. The van der Waals surface area contributed by atoms with E-state index in [0.717, 1.165) is 33.6 Å². The van der Waals surface area contributed by atoms with Gasteiger partial charge in [0.25, 0.3) is 0 Å². The van der Waals surface area contributed by atoms with Crippen LogP contribution in [0.3, 0.4) is 0 Å². The van der Waals surface area contributed by atoms with Gasteiger partial charge in [-0.1, -0.05) is 0 Å². The van der Waals surface area contributed by atoms with Crippen LogP contribution in [0.2, 0.25) is 0 Å². The van der Waals surface area contributed by atoms with E-state index >= 15 is 0 Å². The third-order valence-electron chi connectivity index (χ3n) is 4.24. The van der Waals surface area contributed by atoms with Crippen LogP contribution in [0.15, 0.2) is 12.4 Å². The number of rotatable bonds is 9. The van der Waals surface area contributed by atoms with Crippen molar-refractivity contribution in [3.05, 3.63) is 34.9 Å². The molecule has 14 heteroatoms. The number of aliphatic hydroxyl groups excluding tert-OH is 1. The molecule has 0 saturated carbocycles. The van der Waals surface area contributed by atoms with Crippen molar-refractivity contribution in [1.82, 2.24) is 27.0 Å². The smallest absolute Gasteiger partial charge is 0.322 e. The van der Waals surface area contributed by atoms with Gasteiger partial charge in [-0.25, -0.2) is 0 Å². The lowest BCUT2D eigenvalue weighted by Crippen LogP contribution is -2.29. The van der Waals surface area contributed by atoms with Crippen LogP contribution in [0.25, 0.3) is 0 Å². The zero-order valence-electron chi connectivity index (χ0n) is 19.0. The molecular weight excluding hydrogens is 448 g/mol. The molecule has 2 aromatic rings. The summed E-state index contributed by atoms with van der Waals surface area (Å²) in [5, 5.41) is 16.7. The molecule has 2 heterocycles. The van der Waals surface area contributed by atoms with E-state index in [-0.39, 0.29) is 6.61 Å². The second-order valence-electron chi connectivity index (χ2n) is 7.06. The van der Waals surface area contributed by atoms with E-state index in [4.69, 9.17) is 9.84 Å². The fourth-order valence-corrected chi connectivity index (χ4v) is 3.96. The number of aryl methyl sites for hydroxylation is 2. The van der Waals surface area contributed by atoms with Gasteiger partial charge in [0.1, 0.15) is 0 Å². The maximum atomic E-state index is 11.8. The number of ether oxygens (including phenoxy) is 1. The van der Waals surface area contributed by atoms with E-state index < -0.39 is 20.4 Å². The molecular formula is C17H32N6O6S2. The lowest BCUT2D eigenvalue weighted by atomic mass is 10.2. The Labute approximate surface area is 184 Å². The van der Waals surface area contributed by atoms with Crippen LogP contribution in [0.4, 0.5) is 0 Å². The predicted octanol–water partition coefficient (Wildman–Crippen LogP) is -0.584. The SMILES string of the molecule is COCCc1nn(S(=O)(=O)N(C)C)cc1C.Cc1cn(S(=O)(=O)N(C)C)nc1CCO. The number of hydrogen-bond acceptors (Lipinski definition) is 8. The minimum Gasteiger partial charge on any atom is -0.396 e. The van der Waals surface area contributed by atoms with Gasteiger partial charge in [0.15, 0.2) is 0 Å². The third kappa shape index (κ3) is 6.82. The first-order chi connectivity index (χ1) is 14.3. The quantitative estimate of drug-likeness (QED) is 0.503. The predicted molar refractivity (Wildman–Crippen MR) is 116 cm³/mol. The molecule has 0 atom stereocenters. The summed E-state index contributed by atoms with van der Waals surface area (Å²) in [6.07, 6.45) is 3.93.